The van der Waals surface area contributed by atoms with E-state index in [1.165, 1.54) is 5.56 Å². The monoisotopic (exact) mass is 269 g/mol. The lowest BCUT2D eigenvalue weighted by Gasteiger charge is -2.27. The maximum atomic E-state index is 6.20. The van der Waals surface area contributed by atoms with Gasteiger partial charge in [-0.25, -0.2) is 0 Å². The second-order valence-electron chi connectivity index (χ2n) is 5.39. The summed E-state index contributed by atoms with van der Waals surface area (Å²) in [6, 6.07) is 4.02. The molecular weight excluding hydrogens is 250 g/mol. The molecule has 0 atom stereocenters. The van der Waals surface area contributed by atoms with Crippen molar-refractivity contribution < 1.29 is 0 Å². The van der Waals surface area contributed by atoms with Crippen LogP contribution in [-0.2, 0) is 6.42 Å². The first kappa shape index (κ1) is 12.5. The topological polar surface area (TPSA) is 116 Å². The predicted molar refractivity (Wildman–Crippen MR) is 86.1 cm³/mol. The van der Waals surface area contributed by atoms with Gasteiger partial charge in [0.2, 0.25) is 0 Å². The van der Waals surface area contributed by atoms with Crippen LogP contribution in [0.3, 0.4) is 0 Å². The third-order valence-electron chi connectivity index (χ3n) is 4.11. The molecule has 3 rings (SSSR count). The van der Waals surface area contributed by atoms with Crippen molar-refractivity contribution in [2.75, 3.05) is 28.3 Å². The zero-order chi connectivity index (χ0) is 14.6. The Morgan fingerprint density at radius 3 is 2.35 bits per heavy atom. The molecule has 0 radical (unpaired) electrons. The minimum absolute atomic E-state index is 0.539. The van der Waals surface area contributed by atoms with E-state index >= 15 is 0 Å². The molecule has 0 unspecified atom stereocenters. The smallest absolute Gasteiger partial charge is 0.0794 e. The van der Waals surface area contributed by atoms with Gasteiger partial charge in [-0.1, -0.05) is 6.07 Å². The van der Waals surface area contributed by atoms with Gasteiger partial charge in [-0.3, -0.25) is 0 Å². The van der Waals surface area contributed by atoms with Crippen LogP contribution in [0.25, 0.3) is 0 Å². The van der Waals surface area contributed by atoms with Gasteiger partial charge in [-0.05, 0) is 36.6 Å². The molecule has 0 saturated carbocycles. The maximum absolute atomic E-state index is 6.20. The van der Waals surface area contributed by atoms with Crippen molar-refractivity contribution in [1.29, 1.82) is 0 Å². The largest absolute Gasteiger partial charge is 0.398 e. The summed E-state index contributed by atoms with van der Waals surface area (Å²) >= 11 is 0. The number of benzene rings is 2. The molecule has 0 saturated heterocycles. The van der Waals surface area contributed by atoms with Gasteiger partial charge in [-0.15, -0.1) is 0 Å². The van der Waals surface area contributed by atoms with Crippen molar-refractivity contribution in [1.82, 2.24) is 0 Å². The highest BCUT2D eigenvalue weighted by Gasteiger charge is 2.23. The van der Waals surface area contributed by atoms with Crippen molar-refractivity contribution >= 4 is 34.1 Å². The van der Waals surface area contributed by atoms with E-state index in [0.29, 0.717) is 17.1 Å². The fourth-order valence-corrected chi connectivity index (χ4v) is 2.70. The maximum Gasteiger partial charge on any atom is 0.0794 e. The Kier molecular flexibility index (Phi) is 2.47. The predicted octanol–water partition coefficient (Wildman–Crippen LogP) is 2.28. The van der Waals surface area contributed by atoms with Crippen LogP contribution in [0.5, 0.6) is 0 Å². The third-order valence-corrected chi connectivity index (χ3v) is 4.11. The van der Waals surface area contributed by atoms with E-state index in [1.807, 2.05) is 19.9 Å². The summed E-state index contributed by atoms with van der Waals surface area (Å²) in [6.07, 6.45) is 0.732. The molecule has 0 aromatic heterocycles. The zero-order valence-electron chi connectivity index (χ0n) is 11.7. The molecule has 2 aromatic rings. The van der Waals surface area contributed by atoms with Crippen molar-refractivity contribution in [2.24, 2.45) is 0 Å². The van der Waals surface area contributed by atoms with Gasteiger partial charge in [0.15, 0.2) is 0 Å². The number of nitrogen functional groups attached to an aromatic ring is 4. The third kappa shape index (κ3) is 1.56. The summed E-state index contributed by atoms with van der Waals surface area (Å²) in [4.78, 5) is 0. The van der Waals surface area contributed by atoms with Crippen molar-refractivity contribution in [3.63, 3.8) is 0 Å². The quantitative estimate of drug-likeness (QED) is 0.401. The van der Waals surface area contributed by atoms with Crippen LogP contribution in [0.1, 0.15) is 22.3 Å². The molecule has 0 aliphatic carbocycles. The van der Waals surface area contributed by atoms with Crippen LogP contribution in [0.2, 0.25) is 0 Å². The summed E-state index contributed by atoms with van der Waals surface area (Å²) < 4.78 is 0. The van der Waals surface area contributed by atoms with Crippen LogP contribution in [0.15, 0.2) is 12.1 Å². The SMILES string of the molecule is Cc1cc2c(cc1N)Nc1c(N)c(N)c(C)c(N)c1C2. The lowest BCUT2D eigenvalue weighted by Crippen LogP contribution is -2.15. The van der Waals surface area contributed by atoms with Crippen molar-refractivity contribution in [3.05, 3.63) is 34.4 Å². The first-order valence-electron chi connectivity index (χ1n) is 6.52. The second kappa shape index (κ2) is 3.96. The standard InChI is InChI=1S/C15H19N5/c1-6-3-8-4-9-12(17)7(2)13(18)14(19)15(9)20-11(8)5-10(6)16/h3,5,20H,4,16-19H2,1-2H3. The Hall–Kier alpha value is -2.56. The highest BCUT2D eigenvalue weighted by atomic mass is 14.9. The molecule has 2 aromatic carbocycles. The van der Waals surface area contributed by atoms with Crippen molar-refractivity contribution in [2.45, 2.75) is 20.3 Å². The van der Waals surface area contributed by atoms with Crippen LogP contribution in [0.4, 0.5) is 34.1 Å². The molecule has 5 heteroatoms. The van der Waals surface area contributed by atoms with Gasteiger partial charge in [0.05, 0.1) is 17.1 Å². The molecular formula is C15H19N5. The average Bonchev–Trinajstić information content (AvgIpc) is 2.43. The Morgan fingerprint density at radius 1 is 0.950 bits per heavy atom. The van der Waals surface area contributed by atoms with Gasteiger partial charge < -0.3 is 28.3 Å². The molecule has 0 amide bonds. The second-order valence-corrected chi connectivity index (χ2v) is 5.39. The van der Waals surface area contributed by atoms with Gasteiger partial charge >= 0.3 is 0 Å². The number of hydrogen-bond donors (Lipinski definition) is 5. The molecule has 5 nitrogen and oxygen atoms in total. The van der Waals surface area contributed by atoms with E-state index in [9.17, 15) is 0 Å². The van der Waals surface area contributed by atoms with Crippen molar-refractivity contribution in [3.8, 4) is 0 Å². The highest BCUT2D eigenvalue weighted by molar-refractivity contribution is 5.94. The van der Waals surface area contributed by atoms with Crippen LogP contribution >= 0.6 is 0 Å². The summed E-state index contributed by atoms with van der Waals surface area (Å²) in [5, 5.41) is 3.32. The number of nitrogens with one attached hydrogen (secondary N) is 1. The fraction of sp³-hybridized carbons (Fsp3) is 0.200. The number of anilines is 6. The first-order valence-corrected chi connectivity index (χ1v) is 6.52. The first-order chi connectivity index (χ1) is 9.40. The molecule has 104 valence electrons. The fourth-order valence-electron chi connectivity index (χ4n) is 2.70. The summed E-state index contributed by atoms with van der Waals surface area (Å²) in [5.41, 5.74) is 32.7. The van der Waals surface area contributed by atoms with E-state index in [0.717, 1.165) is 40.2 Å². The summed E-state index contributed by atoms with van der Waals surface area (Å²) in [5.74, 6) is 0. The minimum atomic E-state index is 0.539. The molecule has 1 aliphatic rings. The Labute approximate surface area is 117 Å². The Morgan fingerprint density at radius 2 is 1.65 bits per heavy atom. The summed E-state index contributed by atoms with van der Waals surface area (Å²) in [6.45, 7) is 3.89. The number of nitrogens with two attached hydrogens (primary N) is 4. The van der Waals surface area contributed by atoms with Gasteiger partial charge in [-0.2, -0.15) is 0 Å². The number of fused-ring (bicyclic) bond motifs is 2. The van der Waals surface area contributed by atoms with Crippen LogP contribution in [0, 0.1) is 13.8 Å². The Bertz CT molecular complexity index is 672. The van der Waals surface area contributed by atoms with Crippen LogP contribution in [-0.4, -0.2) is 0 Å². The summed E-state index contributed by atoms with van der Waals surface area (Å²) in [7, 11) is 0. The highest BCUT2D eigenvalue weighted by Crippen LogP contribution is 2.45. The van der Waals surface area contributed by atoms with E-state index in [4.69, 9.17) is 22.9 Å². The molecule has 0 fully saturated rings. The molecule has 1 aliphatic heterocycles. The molecule has 9 N–H and O–H groups in total. The van der Waals surface area contributed by atoms with E-state index < -0.39 is 0 Å². The van der Waals surface area contributed by atoms with Crippen LogP contribution < -0.4 is 28.3 Å². The lowest BCUT2D eigenvalue weighted by molar-refractivity contribution is 1.15. The molecule has 20 heavy (non-hydrogen) atoms. The average molecular weight is 269 g/mol. The number of aryl methyl sites for hydroxylation is 1. The Balaban J connectivity index is 2.23. The molecule has 0 spiro atoms. The zero-order valence-corrected chi connectivity index (χ0v) is 11.7. The van der Waals surface area contributed by atoms with E-state index in [1.54, 1.807) is 0 Å². The van der Waals surface area contributed by atoms with E-state index in [2.05, 4.69) is 11.4 Å². The van der Waals surface area contributed by atoms with E-state index in [-0.39, 0.29) is 0 Å². The molecule has 1 heterocycles. The normalized spacial score (nSPS) is 12.5. The van der Waals surface area contributed by atoms with Gasteiger partial charge in [0.25, 0.3) is 0 Å². The number of hydrogen-bond acceptors (Lipinski definition) is 5. The van der Waals surface area contributed by atoms with Gasteiger partial charge in [0, 0.05) is 29.0 Å². The number of rotatable bonds is 0. The van der Waals surface area contributed by atoms with Gasteiger partial charge in [0.1, 0.15) is 0 Å². The lowest BCUT2D eigenvalue weighted by atomic mass is 9.91. The molecule has 0 bridgehead atoms. The minimum Gasteiger partial charge on any atom is -0.398 e.